The summed E-state index contributed by atoms with van der Waals surface area (Å²) in [4.78, 5) is 27.8. The number of rotatable bonds is 3. The molecule has 0 saturated carbocycles. The molecule has 3 rings (SSSR count). The van der Waals surface area contributed by atoms with Crippen LogP contribution >= 0.6 is 0 Å². The first kappa shape index (κ1) is 15.1. The van der Waals surface area contributed by atoms with Crippen molar-refractivity contribution in [2.75, 3.05) is 26.2 Å². The van der Waals surface area contributed by atoms with E-state index in [1.54, 1.807) is 4.90 Å². The van der Waals surface area contributed by atoms with Crippen molar-refractivity contribution in [3.8, 4) is 0 Å². The molecule has 1 atom stereocenters. The van der Waals surface area contributed by atoms with E-state index in [1.807, 2.05) is 4.90 Å². The summed E-state index contributed by atoms with van der Waals surface area (Å²) in [5.74, 6) is 0.655. The third-order valence-electron chi connectivity index (χ3n) is 4.90. The Hall–Kier alpha value is -1.84. The van der Waals surface area contributed by atoms with E-state index in [9.17, 15) is 9.59 Å². The Labute approximate surface area is 132 Å². The van der Waals surface area contributed by atoms with Crippen molar-refractivity contribution in [3.63, 3.8) is 0 Å². The van der Waals surface area contributed by atoms with Crippen LogP contribution in [0.5, 0.6) is 0 Å². The van der Waals surface area contributed by atoms with Crippen LogP contribution in [0.2, 0.25) is 0 Å². The third-order valence-corrected chi connectivity index (χ3v) is 4.90. The van der Waals surface area contributed by atoms with Crippen LogP contribution in [0.3, 0.4) is 0 Å². The van der Waals surface area contributed by atoms with Crippen LogP contribution in [0.15, 0.2) is 24.3 Å². The SMILES string of the molecule is Cc1ccccc1C1CCCN(C(=O)CN2CCCC2=O)C1. The van der Waals surface area contributed by atoms with E-state index in [-0.39, 0.29) is 18.4 Å². The van der Waals surface area contributed by atoms with Crippen LogP contribution < -0.4 is 0 Å². The minimum atomic E-state index is 0.105. The summed E-state index contributed by atoms with van der Waals surface area (Å²) < 4.78 is 0. The second-order valence-electron chi connectivity index (χ2n) is 6.45. The molecule has 2 aliphatic rings. The van der Waals surface area contributed by atoms with E-state index in [1.165, 1.54) is 11.1 Å². The highest BCUT2D eigenvalue weighted by atomic mass is 16.2. The standard InChI is InChI=1S/C18H24N2O2/c1-14-6-2-3-8-16(14)15-7-4-10-19(12-15)18(22)13-20-11-5-9-17(20)21/h2-3,6,8,15H,4-5,7,9-13H2,1H3. The van der Waals surface area contributed by atoms with E-state index in [0.29, 0.717) is 12.3 Å². The summed E-state index contributed by atoms with van der Waals surface area (Å²) in [6.07, 6.45) is 3.66. The van der Waals surface area contributed by atoms with Crippen molar-refractivity contribution in [3.05, 3.63) is 35.4 Å². The van der Waals surface area contributed by atoms with Crippen molar-refractivity contribution < 1.29 is 9.59 Å². The number of carbonyl (C=O) groups is 2. The Bertz CT molecular complexity index is 570. The molecular formula is C18H24N2O2. The number of nitrogens with zero attached hydrogens (tertiary/aromatic N) is 2. The highest BCUT2D eigenvalue weighted by molar-refractivity contribution is 5.86. The number of amides is 2. The molecule has 118 valence electrons. The van der Waals surface area contributed by atoms with Gasteiger partial charge in [0.2, 0.25) is 11.8 Å². The van der Waals surface area contributed by atoms with Gasteiger partial charge in [-0.05, 0) is 37.3 Å². The normalized spacial score (nSPS) is 22.2. The van der Waals surface area contributed by atoms with Gasteiger partial charge in [0.25, 0.3) is 0 Å². The van der Waals surface area contributed by atoms with E-state index < -0.39 is 0 Å². The fourth-order valence-corrected chi connectivity index (χ4v) is 3.64. The Morgan fingerprint density at radius 3 is 2.77 bits per heavy atom. The Balaban J connectivity index is 1.64. The maximum Gasteiger partial charge on any atom is 0.242 e. The van der Waals surface area contributed by atoms with E-state index >= 15 is 0 Å². The lowest BCUT2D eigenvalue weighted by Gasteiger charge is -2.34. The molecule has 2 fully saturated rings. The monoisotopic (exact) mass is 300 g/mol. The van der Waals surface area contributed by atoms with Crippen LogP contribution in [0, 0.1) is 6.92 Å². The molecule has 1 unspecified atom stereocenters. The van der Waals surface area contributed by atoms with Gasteiger partial charge in [-0.1, -0.05) is 24.3 Å². The number of hydrogen-bond acceptors (Lipinski definition) is 2. The lowest BCUT2D eigenvalue weighted by atomic mass is 9.88. The van der Waals surface area contributed by atoms with E-state index in [4.69, 9.17) is 0 Å². The largest absolute Gasteiger partial charge is 0.341 e. The molecule has 2 heterocycles. The Kier molecular flexibility index (Phi) is 4.46. The summed E-state index contributed by atoms with van der Waals surface area (Å²) in [6, 6.07) is 8.45. The first-order chi connectivity index (χ1) is 10.6. The average molecular weight is 300 g/mol. The van der Waals surface area contributed by atoms with Gasteiger partial charge in [-0.25, -0.2) is 0 Å². The number of likely N-dealkylation sites (tertiary alicyclic amines) is 2. The molecule has 0 bridgehead atoms. The quantitative estimate of drug-likeness (QED) is 0.859. The number of carbonyl (C=O) groups excluding carboxylic acids is 2. The predicted molar refractivity (Wildman–Crippen MR) is 85.5 cm³/mol. The van der Waals surface area contributed by atoms with Crippen LogP contribution in [0.1, 0.15) is 42.7 Å². The highest BCUT2D eigenvalue weighted by Gasteiger charge is 2.28. The number of hydrogen-bond donors (Lipinski definition) is 0. The number of piperidine rings is 1. The molecule has 0 aromatic heterocycles. The fourth-order valence-electron chi connectivity index (χ4n) is 3.64. The van der Waals surface area contributed by atoms with Crippen LogP contribution in [-0.2, 0) is 9.59 Å². The summed E-state index contributed by atoms with van der Waals surface area (Å²) in [7, 11) is 0. The number of benzene rings is 1. The lowest BCUT2D eigenvalue weighted by Crippen LogP contribution is -2.45. The lowest BCUT2D eigenvalue weighted by molar-refractivity contribution is -0.139. The Morgan fingerprint density at radius 2 is 2.05 bits per heavy atom. The van der Waals surface area contributed by atoms with Crippen molar-refractivity contribution >= 4 is 11.8 Å². The zero-order valence-corrected chi connectivity index (χ0v) is 13.3. The molecule has 1 aromatic rings. The zero-order valence-electron chi connectivity index (χ0n) is 13.3. The van der Waals surface area contributed by atoms with Crippen molar-refractivity contribution in [1.82, 2.24) is 9.80 Å². The molecule has 22 heavy (non-hydrogen) atoms. The number of aryl methyl sites for hydroxylation is 1. The van der Waals surface area contributed by atoms with Gasteiger partial charge in [-0.3, -0.25) is 9.59 Å². The van der Waals surface area contributed by atoms with Gasteiger partial charge >= 0.3 is 0 Å². The fraction of sp³-hybridized carbons (Fsp3) is 0.556. The van der Waals surface area contributed by atoms with E-state index in [2.05, 4.69) is 31.2 Å². The summed E-state index contributed by atoms with van der Waals surface area (Å²) >= 11 is 0. The first-order valence-corrected chi connectivity index (χ1v) is 8.26. The average Bonchev–Trinajstić information content (AvgIpc) is 2.93. The van der Waals surface area contributed by atoms with E-state index in [0.717, 1.165) is 38.9 Å². The van der Waals surface area contributed by atoms with Crippen molar-refractivity contribution in [2.45, 2.75) is 38.5 Å². The molecular weight excluding hydrogens is 276 g/mol. The van der Waals surface area contributed by atoms with Gasteiger partial charge in [-0.2, -0.15) is 0 Å². The molecule has 2 saturated heterocycles. The van der Waals surface area contributed by atoms with Gasteiger partial charge in [0, 0.05) is 32.0 Å². The second kappa shape index (κ2) is 6.51. The molecule has 4 heteroatoms. The summed E-state index contributed by atoms with van der Waals surface area (Å²) in [6.45, 7) is 4.74. The molecule has 0 N–H and O–H groups in total. The first-order valence-electron chi connectivity index (χ1n) is 8.26. The Morgan fingerprint density at radius 1 is 1.23 bits per heavy atom. The zero-order chi connectivity index (χ0) is 15.5. The third kappa shape index (κ3) is 3.16. The molecule has 4 nitrogen and oxygen atoms in total. The maximum atomic E-state index is 12.5. The molecule has 1 aromatic carbocycles. The summed E-state index contributed by atoms with van der Waals surface area (Å²) in [5, 5.41) is 0. The summed E-state index contributed by atoms with van der Waals surface area (Å²) in [5.41, 5.74) is 2.66. The van der Waals surface area contributed by atoms with Gasteiger partial charge in [-0.15, -0.1) is 0 Å². The minimum Gasteiger partial charge on any atom is -0.341 e. The second-order valence-corrected chi connectivity index (χ2v) is 6.45. The molecule has 2 aliphatic heterocycles. The minimum absolute atomic E-state index is 0.105. The van der Waals surface area contributed by atoms with Crippen molar-refractivity contribution in [2.24, 2.45) is 0 Å². The topological polar surface area (TPSA) is 40.6 Å². The van der Waals surface area contributed by atoms with Gasteiger partial charge in [0.1, 0.15) is 0 Å². The van der Waals surface area contributed by atoms with Crippen LogP contribution in [0.4, 0.5) is 0 Å². The smallest absolute Gasteiger partial charge is 0.242 e. The van der Waals surface area contributed by atoms with Crippen LogP contribution in [-0.4, -0.2) is 47.8 Å². The van der Waals surface area contributed by atoms with Gasteiger partial charge in [0.15, 0.2) is 0 Å². The van der Waals surface area contributed by atoms with Gasteiger partial charge < -0.3 is 9.80 Å². The molecule has 2 amide bonds. The molecule has 0 radical (unpaired) electrons. The molecule has 0 aliphatic carbocycles. The molecule has 0 spiro atoms. The predicted octanol–water partition coefficient (Wildman–Crippen LogP) is 2.32. The maximum absolute atomic E-state index is 12.5. The van der Waals surface area contributed by atoms with Gasteiger partial charge in [0.05, 0.1) is 6.54 Å². The van der Waals surface area contributed by atoms with Crippen molar-refractivity contribution in [1.29, 1.82) is 0 Å². The van der Waals surface area contributed by atoms with Crippen LogP contribution in [0.25, 0.3) is 0 Å². The highest BCUT2D eigenvalue weighted by Crippen LogP contribution is 2.29.